The van der Waals surface area contributed by atoms with Crippen molar-refractivity contribution in [2.24, 2.45) is 0 Å². The molecule has 0 amide bonds. The van der Waals surface area contributed by atoms with E-state index >= 15 is 0 Å². The fourth-order valence-electron chi connectivity index (χ4n) is 1.54. The number of rotatable bonds is 4. The van der Waals surface area contributed by atoms with Gasteiger partial charge in [-0.3, -0.25) is 0 Å². The zero-order chi connectivity index (χ0) is 11.5. The molecule has 0 unspecified atom stereocenters. The number of aromatic nitrogens is 1. The van der Waals surface area contributed by atoms with Crippen LogP contribution in [0.5, 0.6) is 0 Å². The molecule has 84 valence electrons. The van der Waals surface area contributed by atoms with Crippen molar-refractivity contribution in [2.45, 2.75) is 19.3 Å². The Morgan fingerprint density at radius 2 is 2.31 bits per heavy atom. The summed E-state index contributed by atoms with van der Waals surface area (Å²) in [5.41, 5.74) is 1.99. The molecule has 16 heavy (non-hydrogen) atoms. The van der Waals surface area contributed by atoms with Crippen LogP contribution in [0.1, 0.15) is 18.4 Å². The first-order valence-electron chi connectivity index (χ1n) is 4.90. The van der Waals surface area contributed by atoms with Crippen LogP contribution in [0.25, 0.3) is 9.78 Å². The van der Waals surface area contributed by atoms with Gasteiger partial charge in [-0.05, 0) is 0 Å². The van der Waals surface area contributed by atoms with Crippen molar-refractivity contribution >= 4 is 41.9 Å². The van der Waals surface area contributed by atoms with E-state index in [2.05, 4.69) is 4.98 Å². The molecule has 1 N–H and O–H groups in total. The summed E-state index contributed by atoms with van der Waals surface area (Å²) >= 11 is 6.43. The summed E-state index contributed by atoms with van der Waals surface area (Å²) in [4.78, 5) is 14.7. The van der Waals surface area contributed by atoms with Crippen LogP contribution in [-0.4, -0.2) is 30.6 Å². The Hall–Kier alpha value is -0.831. The van der Waals surface area contributed by atoms with Crippen molar-refractivity contribution in [3.8, 4) is 0 Å². The van der Waals surface area contributed by atoms with Crippen molar-refractivity contribution in [2.75, 3.05) is 0 Å². The minimum absolute atomic E-state index is 0.181. The van der Waals surface area contributed by atoms with Gasteiger partial charge in [0, 0.05) is 0 Å². The predicted octanol–water partition coefficient (Wildman–Crippen LogP) is 2.35. The Morgan fingerprint density at radius 3 is 3.06 bits per heavy atom. The molecule has 2 rings (SSSR count). The number of aliphatic carboxylic acids is 1. The second-order valence-corrected chi connectivity index (χ2v) is 5.78. The van der Waals surface area contributed by atoms with E-state index in [1.807, 2.05) is 17.2 Å². The van der Waals surface area contributed by atoms with Gasteiger partial charge in [0.1, 0.15) is 0 Å². The number of carbonyl (C=O) groups is 1. The van der Waals surface area contributed by atoms with Crippen LogP contribution in [0.3, 0.4) is 0 Å². The molecule has 0 fully saturated rings. The van der Waals surface area contributed by atoms with Crippen molar-refractivity contribution in [1.29, 1.82) is 0 Å². The van der Waals surface area contributed by atoms with Crippen molar-refractivity contribution < 1.29 is 9.90 Å². The van der Waals surface area contributed by atoms with Crippen LogP contribution in [0.2, 0.25) is 5.02 Å². The number of aryl methyl sites for hydroxylation is 1. The molecule has 3 nitrogen and oxygen atoms in total. The monoisotopic (exact) mass is 303 g/mol. The van der Waals surface area contributed by atoms with Gasteiger partial charge in [-0.25, -0.2) is 0 Å². The number of fused-ring (bicyclic) bond motifs is 1. The molecule has 0 aliphatic heterocycles. The average Bonchev–Trinajstić information content (AvgIpc) is 2.64. The summed E-state index contributed by atoms with van der Waals surface area (Å²) in [5, 5.41) is 11.2. The SMILES string of the molecule is O=C(O)CCCc1cc2nc[se]c2cc1Cl. The van der Waals surface area contributed by atoms with Crippen molar-refractivity contribution in [3.05, 3.63) is 27.8 Å². The number of carboxylic acid groups (broad SMARTS) is 1. The quantitative estimate of drug-likeness (QED) is 0.882. The molecule has 5 heteroatoms. The Labute approximate surface area is 104 Å². The number of hydrogen-bond donors (Lipinski definition) is 1. The zero-order valence-electron chi connectivity index (χ0n) is 8.44. The standard InChI is InChI=1S/C11H10ClNO2Se/c12-8-5-10-9(13-6-16-10)4-7(8)2-1-3-11(14)15/h4-6H,1-3H2,(H,14,15). The predicted molar refractivity (Wildman–Crippen MR) is 64.3 cm³/mol. The molecule has 2 aromatic rings. The molecule has 0 radical (unpaired) electrons. The van der Waals surface area contributed by atoms with E-state index in [0.29, 0.717) is 27.3 Å². The molecule has 1 aromatic carbocycles. The fraction of sp³-hybridized carbons (Fsp3) is 0.273. The summed E-state index contributed by atoms with van der Waals surface area (Å²) in [6.07, 6.45) is 1.49. The molecule has 0 aliphatic carbocycles. The molecule has 0 saturated heterocycles. The van der Waals surface area contributed by atoms with Gasteiger partial charge in [0.25, 0.3) is 0 Å². The van der Waals surface area contributed by atoms with Crippen molar-refractivity contribution in [1.82, 2.24) is 4.98 Å². The van der Waals surface area contributed by atoms with Gasteiger partial charge in [0.15, 0.2) is 0 Å². The number of nitrogens with zero attached hydrogens (tertiary/aromatic N) is 1. The first kappa shape index (κ1) is 11.6. The molecule has 0 saturated carbocycles. The Kier molecular flexibility index (Phi) is 3.64. The molecule has 0 atom stereocenters. The molecular formula is C11H10ClNO2Se. The van der Waals surface area contributed by atoms with Crippen LogP contribution >= 0.6 is 11.6 Å². The molecule has 0 spiro atoms. The second-order valence-electron chi connectivity index (χ2n) is 3.51. The Bertz CT molecular complexity index is 524. The van der Waals surface area contributed by atoms with E-state index in [1.165, 1.54) is 4.26 Å². The van der Waals surface area contributed by atoms with Crippen molar-refractivity contribution in [3.63, 3.8) is 0 Å². The molecular weight excluding hydrogens is 293 g/mol. The summed E-state index contributed by atoms with van der Waals surface area (Å²) in [6.45, 7) is 0. The van der Waals surface area contributed by atoms with E-state index < -0.39 is 5.97 Å². The maximum atomic E-state index is 10.4. The van der Waals surface area contributed by atoms with Gasteiger partial charge in [-0.1, -0.05) is 0 Å². The van der Waals surface area contributed by atoms with Gasteiger partial charge in [0.2, 0.25) is 0 Å². The van der Waals surface area contributed by atoms with Crippen LogP contribution in [-0.2, 0) is 11.2 Å². The first-order valence-corrected chi connectivity index (χ1v) is 7.12. The molecule has 1 aromatic heterocycles. The minimum atomic E-state index is -0.765. The van der Waals surface area contributed by atoms with Gasteiger partial charge in [-0.15, -0.1) is 0 Å². The van der Waals surface area contributed by atoms with Gasteiger partial charge in [0.05, 0.1) is 0 Å². The van der Waals surface area contributed by atoms with E-state index in [4.69, 9.17) is 16.7 Å². The number of benzene rings is 1. The first-order chi connectivity index (χ1) is 7.66. The Balaban J connectivity index is 2.16. The third-order valence-corrected chi connectivity index (χ3v) is 4.35. The van der Waals surface area contributed by atoms with Crippen LogP contribution in [0.15, 0.2) is 17.2 Å². The summed E-state index contributed by atoms with van der Waals surface area (Å²) < 4.78 is 1.21. The Morgan fingerprint density at radius 1 is 1.50 bits per heavy atom. The van der Waals surface area contributed by atoms with E-state index in [9.17, 15) is 4.79 Å². The van der Waals surface area contributed by atoms with Crippen LogP contribution in [0.4, 0.5) is 0 Å². The van der Waals surface area contributed by atoms with Gasteiger partial charge < -0.3 is 0 Å². The third kappa shape index (κ3) is 2.64. The van der Waals surface area contributed by atoms with E-state index in [0.717, 1.165) is 16.1 Å². The fourth-order valence-corrected chi connectivity index (χ4v) is 3.41. The summed E-state index contributed by atoms with van der Waals surface area (Å²) in [5.74, 6) is -0.765. The second kappa shape index (κ2) is 5.00. The topological polar surface area (TPSA) is 50.2 Å². The molecule has 0 bridgehead atoms. The van der Waals surface area contributed by atoms with Crippen LogP contribution in [0, 0.1) is 0 Å². The molecule has 0 aliphatic rings. The summed E-state index contributed by atoms with van der Waals surface area (Å²) in [6, 6.07) is 3.94. The number of carboxylic acids is 1. The van der Waals surface area contributed by atoms with E-state index in [-0.39, 0.29) is 6.42 Å². The van der Waals surface area contributed by atoms with E-state index in [1.54, 1.807) is 0 Å². The summed E-state index contributed by atoms with van der Waals surface area (Å²) in [7, 11) is 0. The third-order valence-electron chi connectivity index (χ3n) is 2.34. The van der Waals surface area contributed by atoms with Gasteiger partial charge >= 0.3 is 104 Å². The average molecular weight is 303 g/mol. The number of halogens is 1. The van der Waals surface area contributed by atoms with Gasteiger partial charge in [-0.2, -0.15) is 0 Å². The van der Waals surface area contributed by atoms with Crippen LogP contribution < -0.4 is 0 Å². The normalized spacial score (nSPS) is 10.8. The number of hydrogen-bond acceptors (Lipinski definition) is 2. The molecule has 1 heterocycles. The zero-order valence-corrected chi connectivity index (χ0v) is 10.9. The maximum absolute atomic E-state index is 10.4.